The highest BCUT2D eigenvalue weighted by atomic mass is 35.5. The van der Waals surface area contributed by atoms with Gasteiger partial charge in [-0.25, -0.2) is 13.8 Å². The second kappa shape index (κ2) is 8.16. The first-order valence-electron chi connectivity index (χ1n) is 7.38. The van der Waals surface area contributed by atoms with Gasteiger partial charge in [0.25, 0.3) is 5.24 Å². The molecule has 1 heterocycles. The first-order chi connectivity index (χ1) is 12.5. The zero-order valence-electron chi connectivity index (χ0n) is 13.5. The summed E-state index contributed by atoms with van der Waals surface area (Å²) in [5.41, 5.74) is 1.58. The third-order valence-electron chi connectivity index (χ3n) is 3.52. The van der Waals surface area contributed by atoms with E-state index in [4.69, 9.17) is 16.3 Å². The Bertz CT molecular complexity index is 945. The molecular formula is C18H12ClF2NO2S2. The fraction of sp³-hybridized carbons (Fsp3) is 0.111. The number of hydrogen-bond acceptors (Lipinski definition) is 5. The van der Waals surface area contributed by atoms with E-state index in [1.165, 1.54) is 35.2 Å². The van der Waals surface area contributed by atoms with Crippen LogP contribution in [-0.4, -0.2) is 16.5 Å². The van der Waals surface area contributed by atoms with Crippen LogP contribution < -0.4 is 4.74 Å². The SMILES string of the molecule is CSc1cc(F)c(F)cc1-c1ccc(OCc2nc(C(=O)Cl)cs2)cc1. The molecule has 1 aromatic heterocycles. The van der Waals surface area contributed by atoms with E-state index in [1.807, 2.05) is 6.26 Å². The molecule has 2 aromatic carbocycles. The van der Waals surface area contributed by atoms with Crippen molar-refractivity contribution in [3.05, 3.63) is 64.1 Å². The molecule has 0 aliphatic heterocycles. The van der Waals surface area contributed by atoms with E-state index in [9.17, 15) is 13.6 Å². The number of carbonyl (C=O) groups is 1. The lowest BCUT2D eigenvalue weighted by atomic mass is 10.1. The fourth-order valence-corrected chi connectivity index (χ4v) is 3.73. The van der Waals surface area contributed by atoms with Gasteiger partial charge < -0.3 is 4.74 Å². The molecule has 0 bridgehead atoms. The Labute approximate surface area is 162 Å². The van der Waals surface area contributed by atoms with E-state index in [0.717, 1.165) is 5.56 Å². The summed E-state index contributed by atoms with van der Waals surface area (Å²) in [5.74, 6) is -1.15. The average Bonchev–Trinajstić information content (AvgIpc) is 3.12. The molecule has 0 saturated heterocycles. The number of thioether (sulfide) groups is 1. The van der Waals surface area contributed by atoms with Crippen LogP contribution in [0.1, 0.15) is 15.5 Å². The summed E-state index contributed by atoms with van der Waals surface area (Å²) in [5, 5.41) is 1.60. The predicted octanol–water partition coefficient (Wildman–Crippen LogP) is 5.77. The topological polar surface area (TPSA) is 39.2 Å². The minimum Gasteiger partial charge on any atom is -0.486 e. The van der Waals surface area contributed by atoms with Gasteiger partial charge in [0, 0.05) is 10.3 Å². The third-order valence-corrected chi connectivity index (χ3v) is 5.32. The number of rotatable bonds is 6. The van der Waals surface area contributed by atoms with E-state index in [-0.39, 0.29) is 12.3 Å². The Balaban J connectivity index is 1.74. The van der Waals surface area contributed by atoms with Crippen LogP contribution in [0.3, 0.4) is 0 Å². The highest BCUT2D eigenvalue weighted by molar-refractivity contribution is 7.98. The Morgan fingerprint density at radius 1 is 1.23 bits per heavy atom. The van der Waals surface area contributed by atoms with Gasteiger partial charge in [0.15, 0.2) is 11.6 Å². The number of benzene rings is 2. The molecule has 3 rings (SSSR count). The lowest BCUT2D eigenvalue weighted by Gasteiger charge is -2.10. The van der Waals surface area contributed by atoms with Crippen molar-refractivity contribution >= 4 is 39.9 Å². The number of aromatic nitrogens is 1. The van der Waals surface area contributed by atoms with Gasteiger partial charge in [-0.1, -0.05) is 12.1 Å². The van der Waals surface area contributed by atoms with Crippen molar-refractivity contribution in [1.29, 1.82) is 0 Å². The minimum atomic E-state index is -0.883. The van der Waals surface area contributed by atoms with Crippen molar-refractivity contribution in [3.63, 3.8) is 0 Å². The molecule has 0 aliphatic carbocycles. The van der Waals surface area contributed by atoms with Crippen molar-refractivity contribution in [2.45, 2.75) is 11.5 Å². The van der Waals surface area contributed by atoms with Crippen molar-refractivity contribution in [3.8, 4) is 16.9 Å². The first kappa shape index (κ1) is 18.8. The molecular weight excluding hydrogens is 400 g/mol. The number of halogens is 3. The van der Waals surface area contributed by atoms with Gasteiger partial charge in [-0.2, -0.15) is 0 Å². The average molecular weight is 412 g/mol. The van der Waals surface area contributed by atoms with Crippen LogP contribution >= 0.6 is 34.7 Å². The van der Waals surface area contributed by atoms with Gasteiger partial charge in [-0.3, -0.25) is 4.79 Å². The predicted molar refractivity (Wildman–Crippen MR) is 100 cm³/mol. The molecule has 0 aliphatic rings. The van der Waals surface area contributed by atoms with Crippen LogP contribution in [0.2, 0.25) is 0 Å². The van der Waals surface area contributed by atoms with E-state index in [0.29, 0.717) is 21.2 Å². The van der Waals surface area contributed by atoms with Gasteiger partial charge in [0.1, 0.15) is 23.1 Å². The molecule has 3 nitrogen and oxygen atoms in total. The molecule has 0 saturated carbocycles. The highest BCUT2D eigenvalue weighted by Gasteiger charge is 2.12. The van der Waals surface area contributed by atoms with E-state index in [2.05, 4.69) is 4.98 Å². The van der Waals surface area contributed by atoms with E-state index >= 15 is 0 Å². The van der Waals surface area contributed by atoms with Crippen LogP contribution in [0.15, 0.2) is 46.7 Å². The van der Waals surface area contributed by atoms with Crippen molar-refractivity contribution in [1.82, 2.24) is 4.98 Å². The molecule has 0 spiro atoms. The normalized spacial score (nSPS) is 10.8. The van der Waals surface area contributed by atoms with Crippen LogP contribution in [0, 0.1) is 11.6 Å². The smallest absolute Gasteiger partial charge is 0.271 e. The highest BCUT2D eigenvalue weighted by Crippen LogP contribution is 2.33. The molecule has 8 heteroatoms. The molecule has 26 heavy (non-hydrogen) atoms. The van der Waals surface area contributed by atoms with Gasteiger partial charge in [0.2, 0.25) is 0 Å². The summed E-state index contributed by atoms with van der Waals surface area (Å²) in [6.45, 7) is 0.204. The van der Waals surface area contributed by atoms with Crippen molar-refractivity contribution in [2.24, 2.45) is 0 Å². The zero-order chi connectivity index (χ0) is 18.7. The van der Waals surface area contributed by atoms with Crippen LogP contribution in [0.5, 0.6) is 5.75 Å². The second-order valence-electron chi connectivity index (χ2n) is 5.18. The van der Waals surface area contributed by atoms with Crippen LogP contribution in [0.25, 0.3) is 11.1 Å². The lowest BCUT2D eigenvalue weighted by molar-refractivity contribution is 0.107. The molecule has 0 unspecified atom stereocenters. The molecule has 0 atom stereocenters. The number of carbonyl (C=O) groups excluding carboxylic acids is 1. The lowest BCUT2D eigenvalue weighted by Crippen LogP contribution is -1.96. The standard InChI is InChI=1S/C18H12ClF2NO2S2/c1-25-16-7-14(21)13(20)6-12(16)10-2-4-11(5-3-10)24-8-17-22-15(9-26-17)18(19)23/h2-7,9H,8H2,1H3. The largest absolute Gasteiger partial charge is 0.486 e. The van der Waals surface area contributed by atoms with Gasteiger partial charge >= 0.3 is 0 Å². The number of nitrogens with zero attached hydrogens (tertiary/aromatic N) is 1. The maximum atomic E-state index is 13.6. The molecule has 0 radical (unpaired) electrons. The monoisotopic (exact) mass is 411 g/mol. The Hall–Kier alpha value is -1.96. The molecule has 0 N–H and O–H groups in total. The summed E-state index contributed by atoms with van der Waals surface area (Å²) in [6.07, 6.45) is 1.81. The zero-order valence-corrected chi connectivity index (χ0v) is 15.9. The van der Waals surface area contributed by atoms with E-state index < -0.39 is 16.9 Å². The Morgan fingerprint density at radius 2 is 1.92 bits per heavy atom. The molecule has 0 fully saturated rings. The number of thiazole rings is 1. The summed E-state index contributed by atoms with van der Waals surface area (Å²) in [7, 11) is 0. The quantitative estimate of drug-likeness (QED) is 0.381. The minimum absolute atomic E-state index is 0.202. The second-order valence-corrected chi connectivity index (χ2v) is 7.31. The van der Waals surface area contributed by atoms with Gasteiger partial charge in [-0.15, -0.1) is 23.1 Å². The molecule has 3 aromatic rings. The summed E-state index contributed by atoms with van der Waals surface area (Å²) < 4.78 is 32.6. The molecule has 134 valence electrons. The van der Waals surface area contributed by atoms with Crippen molar-refractivity contribution in [2.75, 3.05) is 6.26 Å². The summed E-state index contributed by atoms with van der Waals surface area (Å²) in [4.78, 5) is 15.7. The summed E-state index contributed by atoms with van der Waals surface area (Å²) >= 11 is 8.00. The number of ether oxygens (including phenoxy) is 1. The molecule has 0 amide bonds. The maximum Gasteiger partial charge on any atom is 0.271 e. The summed E-state index contributed by atoms with van der Waals surface area (Å²) in [6, 6.07) is 9.41. The Morgan fingerprint density at radius 3 is 2.54 bits per heavy atom. The Kier molecular flexibility index (Phi) is 5.90. The first-order valence-corrected chi connectivity index (χ1v) is 9.86. The fourth-order valence-electron chi connectivity index (χ4n) is 2.27. The van der Waals surface area contributed by atoms with E-state index in [1.54, 1.807) is 29.6 Å². The van der Waals surface area contributed by atoms with Gasteiger partial charge in [0.05, 0.1) is 0 Å². The van der Waals surface area contributed by atoms with Crippen molar-refractivity contribution < 1.29 is 18.3 Å². The number of hydrogen-bond donors (Lipinski definition) is 0. The maximum absolute atomic E-state index is 13.6. The third kappa shape index (κ3) is 4.23. The van der Waals surface area contributed by atoms with Crippen LogP contribution in [0.4, 0.5) is 8.78 Å². The van der Waals surface area contributed by atoms with Crippen LogP contribution in [-0.2, 0) is 6.61 Å². The van der Waals surface area contributed by atoms with Gasteiger partial charge in [-0.05, 0) is 53.2 Å².